The van der Waals surface area contributed by atoms with E-state index in [-0.39, 0.29) is 11.8 Å². The Bertz CT molecular complexity index is 885. The lowest BCUT2D eigenvalue weighted by atomic mass is 10.1. The lowest BCUT2D eigenvalue weighted by molar-refractivity contribution is -0.139. The molecule has 1 N–H and O–H groups in total. The standard InChI is InChI=1S/C26H34N2O4/c1-3-4-15-27-26(30)20(2)28(16-14-21-8-6-5-7-9-21)25(29)13-11-22-10-12-23-24(19-22)32-18-17-31-23/h5-10,12,19-20H,3-4,11,13-18H2,1-2H3,(H,27,30)/t20-/m0/s1. The van der Waals surface area contributed by atoms with Crippen molar-refractivity contribution in [1.29, 1.82) is 0 Å². The smallest absolute Gasteiger partial charge is 0.242 e. The van der Waals surface area contributed by atoms with Crippen molar-refractivity contribution < 1.29 is 19.1 Å². The number of hydrogen-bond acceptors (Lipinski definition) is 4. The Kier molecular flexibility index (Phi) is 8.96. The van der Waals surface area contributed by atoms with Crippen molar-refractivity contribution in [1.82, 2.24) is 10.2 Å². The van der Waals surface area contributed by atoms with Gasteiger partial charge in [-0.1, -0.05) is 49.7 Å². The van der Waals surface area contributed by atoms with Crippen LogP contribution in [0.1, 0.15) is 44.2 Å². The highest BCUT2D eigenvalue weighted by Gasteiger charge is 2.25. The van der Waals surface area contributed by atoms with Gasteiger partial charge in [0.25, 0.3) is 0 Å². The summed E-state index contributed by atoms with van der Waals surface area (Å²) < 4.78 is 11.2. The monoisotopic (exact) mass is 438 g/mol. The molecule has 1 aliphatic heterocycles. The van der Waals surface area contributed by atoms with Gasteiger partial charge in [0.05, 0.1) is 0 Å². The summed E-state index contributed by atoms with van der Waals surface area (Å²) in [6, 6.07) is 15.3. The molecule has 2 aromatic rings. The van der Waals surface area contributed by atoms with Crippen LogP contribution in [0.2, 0.25) is 0 Å². The van der Waals surface area contributed by atoms with Gasteiger partial charge in [0.2, 0.25) is 11.8 Å². The number of aryl methyl sites for hydroxylation is 1. The number of rotatable bonds is 11. The van der Waals surface area contributed by atoms with Gasteiger partial charge in [0.1, 0.15) is 19.3 Å². The molecular formula is C26H34N2O4. The number of carbonyl (C=O) groups excluding carboxylic acids is 2. The molecule has 6 heteroatoms. The summed E-state index contributed by atoms with van der Waals surface area (Å²) in [6.07, 6.45) is 3.58. The van der Waals surface area contributed by atoms with E-state index in [0.717, 1.165) is 35.5 Å². The Labute approximate surface area is 190 Å². The van der Waals surface area contributed by atoms with Gasteiger partial charge in [-0.15, -0.1) is 0 Å². The van der Waals surface area contributed by atoms with E-state index < -0.39 is 6.04 Å². The van der Waals surface area contributed by atoms with E-state index in [4.69, 9.17) is 9.47 Å². The topological polar surface area (TPSA) is 67.9 Å². The number of nitrogens with one attached hydrogen (secondary N) is 1. The predicted molar refractivity (Wildman–Crippen MR) is 125 cm³/mol. The van der Waals surface area contributed by atoms with Gasteiger partial charge in [-0.05, 0) is 49.4 Å². The highest BCUT2D eigenvalue weighted by molar-refractivity contribution is 5.87. The minimum absolute atomic E-state index is 0.0195. The van der Waals surface area contributed by atoms with Crippen LogP contribution in [0.15, 0.2) is 48.5 Å². The van der Waals surface area contributed by atoms with Crippen LogP contribution in [0.25, 0.3) is 0 Å². The Hall–Kier alpha value is -3.02. The van der Waals surface area contributed by atoms with E-state index >= 15 is 0 Å². The molecule has 3 rings (SSSR count). The number of fused-ring (bicyclic) bond motifs is 1. The van der Waals surface area contributed by atoms with Crippen molar-refractivity contribution in [3.63, 3.8) is 0 Å². The van der Waals surface area contributed by atoms with Crippen LogP contribution in [0.4, 0.5) is 0 Å². The minimum Gasteiger partial charge on any atom is -0.486 e. The number of nitrogens with zero attached hydrogens (tertiary/aromatic N) is 1. The maximum Gasteiger partial charge on any atom is 0.242 e. The van der Waals surface area contributed by atoms with Crippen LogP contribution < -0.4 is 14.8 Å². The van der Waals surface area contributed by atoms with Crippen LogP contribution in [0.5, 0.6) is 11.5 Å². The van der Waals surface area contributed by atoms with Gasteiger partial charge in [-0.2, -0.15) is 0 Å². The maximum absolute atomic E-state index is 13.2. The molecule has 0 bridgehead atoms. The molecule has 0 aliphatic carbocycles. The lowest BCUT2D eigenvalue weighted by Crippen LogP contribution is -2.49. The fraction of sp³-hybridized carbons (Fsp3) is 0.462. The Morgan fingerprint density at radius 3 is 2.50 bits per heavy atom. The first-order valence-electron chi connectivity index (χ1n) is 11.6. The zero-order chi connectivity index (χ0) is 22.8. The zero-order valence-corrected chi connectivity index (χ0v) is 19.1. The quantitative estimate of drug-likeness (QED) is 0.543. The van der Waals surface area contributed by atoms with E-state index in [1.165, 1.54) is 0 Å². The molecule has 1 aliphatic rings. The summed E-state index contributed by atoms with van der Waals surface area (Å²) in [6.45, 7) is 6.13. The summed E-state index contributed by atoms with van der Waals surface area (Å²) in [5, 5.41) is 2.96. The largest absolute Gasteiger partial charge is 0.486 e. The molecule has 2 amide bonds. The molecule has 0 unspecified atom stereocenters. The van der Waals surface area contributed by atoms with Crippen LogP contribution in [0, 0.1) is 0 Å². The molecule has 0 aromatic heterocycles. The molecule has 0 spiro atoms. The number of carbonyl (C=O) groups is 2. The third kappa shape index (κ3) is 6.74. The maximum atomic E-state index is 13.2. The summed E-state index contributed by atoms with van der Waals surface area (Å²) in [5.74, 6) is 1.35. The van der Waals surface area contributed by atoms with E-state index in [9.17, 15) is 9.59 Å². The molecule has 1 atom stereocenters. The molecule has 32 heavy (non-hydrogen) atoms. The van der Waals surface area contributed by atoms with Crippen LogP contribution in [0.3, 0.4) is 0 Å². The molecule has 172 valence electrons. The molecular weight excluding hydrogens is 404 g/mol. The number of ether oxygens (including phenoxy) is 2. The number of unbranched alkanes of at least 4 members (excludes halogenated alkanes) is 1. The fourth-order valence-electron chi connectivity index (χ4n) is 3.74. The van der Waals surface area contributed by atoms with Crippen LogP contribution in [-0.4, -0.2) is 49.1 Å². The Morgan fingerprint density at radius 1 is 1.00 bits per heavy atom. The van der Waals surface area contributed by atoms with Crippen molar-refractivity contribution in [2.24, 2.45) is 0 Å². The normalized spacial score (nSPS) is 13.3. The predicted octanol–water partition coefficient (Wildman–Crippen LogP) is 3.77. The van der Waals surface area contributed by atoms with Gasteiger partial charge >= 0.3 is 0 Å². The van der Waals surface area contributed by atoms with Gasteiger partial charge in [0.15, 0.2) is 11.5 Å². The van der Waals surface area contributed by atoms with Crippen LogP contribution >= 0.6 is 0 Å². The molecule has 6 nitrogen and oxygen atoms in total. The van der Waals surface area contributed by atoms with Crippen molar-refractivity contribution >= 4 is 11.8 Å². The molecule has 0 saturated heterocycles. The highest BCUT2D eigenvalue weighted by atomic mass is 16.6. The van der Waals surface area contributed by atoms with E-state index in [2.05, 4.69) is 12.2 Å². The first-order valence-corrected chi connectivity index (χ1v) is 11.6. The van der Waals surface area contributed by atoms with Crippen LogP contribution in [-0.2, 0) is 22.4 Å². The van der Waals surface area contributed by atoms with Crippen molar-refractivity contribution in [3.05, 3.63) is 59.7 Å². The Balaban J connectivity index is 1.63. The summed E-state index contributed by atoms with van der Waals surface area (Å²) in [7, 11) is 0. The first kappa shape index (κ1) is 23.6. The lowest BCUT2D eigenvalue weighted by Gasteiger charge is -2.29. The summed E-state index contributed by atoms with van der Waals surface area (Å²) >= 11 is 0. The molecule has 0 saturated carbocycles. The van der Waals surface area contributed by atoms with Gasteiger partial charge < -0.3 is 19.7 Å². The molecule has 0 radical (unpaired) electrons. The SMILES string of the molecule is CCCCNC(=O)[C@H](C)N(CCc1ccccc1)C(=O)CCc1ccc2c(c1)OCCO2. The third-order valence-corrected chi connectivity index (χ3v) is 5.72. The van der Waals surface area contributed by atoms with Crippen molar-refractivity contribution in [2.45, 2.75) is 52.0 Å². The number of hydrogen-bond donors (Lipinski definition) is 1. The molecule has 1 heterocycles. The van der Waals surface area contributed by atoms with E-state index in [1.807, 2.05) is 55.5 Å². The number of amides is 2. The second-order valence-electron chi connectivity index (χ2n) is 8.12. The third-order valence-electron chi connectivity index (χ3n) is 5.72. The zero-order valence-electron chi connectivity index (χ0n) is 19.1. The molecule has 0 fully saturated rings. The number of benzene rings is 2. The second-order valence-corrected chi connectivity index (χ2v) is 8.12. The van der Waals surface area contributed by atoms with Gasteiger partial charge in [-0.25, -0.2) is 0 Å². The Morgan fingerprint density at radius 2 is 1.75 bits per heavy atom. The summed E-state index contributed by atoms with van der Waals surface area (Å²) in [5.41, 5.74) is 2.17. The van der Waals surface area contributed by atoms with Crippen molar-refractivity contribution in [3.8, 4) is 11.5 Å². The fourth-order valence-corrected chi connectivity index (χ4v) is 3.74. The highest BCUT2D eigenvalue weighted by Crippen LogP contribution is 2.31. The van der Waals surface area contributed by atoms with Gasteiger partial charge in [0, 0.05) is 19.5 Å². The first-order chi connectivity index (χ1) is 15.6. The van der Waals surface area contributed by atoms with E-state index in [1.54, 1.807) is 4.90 Å². The second kappa shape index (κ2) is 12.1. The minimum atomic E-state index is -0.511. The molecule has 2 aromatic carbocycles. The summed E-state index contributed by atoms with van der Waals surface area (Å²) in [4.78, 5) is 27.6. The van der Waals surface area contributed by atoms with E-state index in [0.29, 0.717) is 45.6 Å². The average molecular weight is 439 g/mol. The van der Waals surface area contributed by atoms with Crippen molar-refractivity contribution in [2.75, 3.05) is 26.3 Å². The van der Waals surface area contributed by atoms with Gasteiger partial charge in [-0.3, -0.25) is 9.59 Å². The average Bonchev–Trinajstić information content (AvgIpc) is 2.83.